The van der Waals surface area contributed by atoms with Crippen molar-refractivity contribution in [2.45, 2.75) is 62.1 Å². The summed E-state index contributed by atoms with van der Waals surface area (Å²) in [5.41, 5.74) is 3.37. The average Bonchev–Trinajstić information content (AvgIpc) is 2.48. The molecule has 0 aromatic heterocycles. The number of carboxylic acids is 1. The van der Waals surface area contributed by atoms with Crippen LogP contribution in [0.1, 0.15) is 20.3 Å². The summed E-state index contributed by atoms with van der Waals surface area (Å²) in [6, 6.07) is 0. The van der Waals surface area contributed by atoms with Crippen molar-refractivity contribution in [1.82, 2.24) is 0 Å². The Labute approximate surface area is 136 Å². The minimum atomic E-state index is -3.00. The molecule has 24 heavy (non-hydrogen) atoms. The standard InChI is InChI=1S/C13H21NO10/c1-4(15)7(18)8(19)9(20)10-13(14,5(2)16)6(17)3-12(23,24-10)11(21)22/h6-10,17-20,23H,3,14H2,1-2H3,(H,21,22)/t6-,7?,8+,9+,10-,12?,13+/m0/s1. The Balaban J connectivity index is 3.31. The van der Waals surface area contributed by atoms with Crippen LogP contribution in [0.15, 0.2) is 0 Å². The largest absolute Gasteiger partial charge is 0.477 e. The average molecular weight is 351 g/mol. The number of carbonyl (C=O) groups excluding carboxylic acids is 2. The zero-order chi connectivity index (χ0) is 19.0. The van der Waals surface area contributed by atoms with Gasteiger partial charge in [0.15, 0.2) is 11.6 Å². The van der Waals surface area contributed by atoms with E-state index in [2.05, 4.69) is 0 Å². The van der Waals surface area contributed by atoms with E-state index in [9.17, 15) is 39.9 Å². The molecule has 11 heteroatoms. The maximum absolute atomic E-state index is 11.8. The molecule has 0 saturated carbocycles. The van der Waals surface area contributed by atoms with Crippen LogP contribution in [-0.4, -0.2) is 90.0 Å². The third-order valence-corrected chi connectivity index (χ3v) is 4.16. The summed E-state index contributed by atoms with van der Waals surface area (Å²) in [7, 11) is 0. The molecule has 7 atom stereocenters. The summed E-state index contributed by atoms with van der Waals surface area (Å²) in [6.07, 6.45) is -11.6. The van der Waals surface area contributed by atoms with Gasteiger partial charge in [0.2, 0.25) is 0 Å². The van der Waals surface area contributed by atoms with Gasteiger partial charge in [0, 0.05) is 6.42 Å². The fraction of sp³-hybridized carbons (Fsp3) is 0.769. The van der Waals surface area contributed by atoms with Crippen LogP contribution in [0.3, 0.4) is 0 Å². The van der Waals surface area contributed by atoms with E-state index in [0.29, 0.717) is 0 Å². The molecule has 0 radical (unpaired) electrons. The van der Waals surface area contributed by atoms with Crippen LogP contribution in [0.4, 0.5) is 0 Å². The predicted octanol–water partition coefficient (Wildman–Crippen LogP) is -4.13. The molecule has 2 unspecified atom stereocenters. The molecule has 1 fully saturated rings. The van der Waals surface area contributed by atoms with Crippen molar-refractivity contribution in [3.8, 4) is 0 Å². The molecule has 0 aromatic carbocycles. The van der Waals surface area contributed by atoms with Gasteiger partial charge < -0.3 is 41.1 Å². The number of ketones is 2. The second-order valence-electron chi connectivity index (χ2n) is 5.87. The van der Waals surface area contributed by atoms with Crippen LogP contribution in [0.25, 0.3) is 0 Å². The molecule has 1 aliphatic heterocycles. The Morgan fingerprint density at radius 1 is 1.21 bits per heavy atom. The van der Waals surface area contributed by atoms with Crippen molar-refractivity contribution in [1.29, 1.82) is 0 Å². The number of Topliss-reactive ketones (excluding diaryl/α,β-unsaturated/α-hetero) is 2. The molecule has 0 bridgehead atoms. The van der Waals surface area contributed by atoms with Gasteiger partial charge in [-0.15, -0.1) is 0 Å². The highest BCUT2D eigenvalue weighted by Crippen LogP contribution is 2.36. The number of nitrogens with two attached hydrogens (primary N) is 1. The maximum atomic E-state index is 11.8. The van der Waals surface area contributed by atoms with Crippen molar-refractivity contribution in [3.05, 3.63) is 0 Å². The minimum Gasteiger partial charge on any atom is -0.477 e. The third-order valence-electron chi connectivity index (χ3n) is 4.16. The number of hydrogen-bond donors (Lipinski definition) is 7. The van der Waals surface area contributed by atoms with Crippen LogP contribution in [0.2, 0.25) is 0 Å². The van der Waals surface area contributed by atoms with Crippen molar-refractivity contribution in [2.24, 2.45) is 5.73 Å². The first-order valence-electron chi connectivity index (χ1n) is 6.95. The lowest BCUT2D eigenvalue weighted by Gasteiger charge is -2.49. The van der Waals surface area contributed by atoms with Crippen LogP contribution in [0, 0.1) is 0 Å². The van der Waals surface area contributed by atoms with Gasteiger partial charge in [-0.25, -0.2) is 4.79 Å². The third kappa shape index (κ3) is 3.32. The summed E-state index contributed by atoms with van der Waals surface area (Å²) in [5, 5.41) is 58.5. The molecule has 138 valence electrons. The van der Waals surface area contributed by atoms with Gasteiger partial charge in [0.25, 0.3) is 5.79 Å². The van der Waals surface area contributed by atoms with E-state index in [4.69, 9.17) is 15.6 Å². The highest BCUT2D eigenvalue weighted by molar-refractivity contribution is 5.88. The molecule has 1 heterocycles. The Kier molecular flexibility index (Phi) is 5.83. The molecule has 8 N–H and O–H groups in total. The zero-order valence-electron chi connectivity index (χ0n) is 13.0. The molecule has 1 aliphatic rings. The van der Waals surface area contributed by atoms with Gasteiger partial charge in [-0.1, -0.05) is 0 Å². The Morgan fingerprint density at radius 3 is 2.08 bits per heavy atom. The fourth-order valence-electron chi connectivity index (χ4n) is 2.51. The first-order valence-corrected chi connectivity index (χ1v) is 6.95. The number of aliphatic carboxylic acids is 1. The van der Waals surface area contributed by atoms with E-state index in [0.717, 1.165) is 13.8 Å². The van der Waals surface area contributed by atoms with Crippen molar-refractivity contribution < 1.29 is 49.8 Å². The van der Waals surface area contributed by atoms with Gasteiger partial charge in [0.1, 0.15) is 30.0 Å². The quantitative estimate of drug-likeness (QED) is 0.244. The van der Waals surface area contributed by atoms with Gasteiger partial charge in [0.05, 0.1) is 6.10 Å². The lowest BCUT2D eigenvalue weighted by Crippen LogP contribution is -2.76. The predicted molar refractivity (Wildman–Crippen MR) is 74.4 cm³/mol. The number of aliphatic hydroxyl groups is 5. The summed E-state index contributed by atoms with van der Waals surface area (Å²) in [4.78, 5) is 34.1. The van der Waals surface area contributed by atoms with Gasteiger partial charge in [-0.3, -0.25) is 9.59 Å². The van der Waals surface area contributed by atoms with E-state index in [1.165, 1.54) is 0 Å². The highest BCUT2D eigenvalue weighted by atomic mass is 16.7. The van der Waals surface area contributed by atoms with Gasteiger partial charge in [-0.05, 0) is 13.8 Å². The summed E-state index contributed by atoms with van der Waals surface area (Å²) >= 11 is 0. The molecule has 1 saturated heterocycles. The Bertz CT molecular complexity index is 539. The number of rotatable bonds is 6. The molecule has 0 spiro atoms. The molecular formula is C13H21NO10. The Morgan fingerprint density at radius 2 is 1.71 bits per heavy atom. The van der Waals surface area contributed by atoms with Gasteiger partial charge >= 0.3 is 5.97 Å². The van der Waals surface area contributed by atoms with E-state index >= 15 is 0 Å². The topological polar surface area (TPSA) is 208 Å². The fourth-order valence-corrected chi connectivity index (χ4v) is 2.51. The summed E-state index contributed by atoms with van der Waals surface area (Å²) in [5.74, 6) is -6.79. The summed E-state index contributed by atoms with van der Waals surface area (Å²) < 4.78 is 4.81. The Hall–Kier alpha value is -1.47. The number of carbonyl (C=O) groups is 3. The maximum Gasteiger partial charge on any atom is 0.364 e. The smallest absolute Gasteiger partial charge is 0.364 e. The molecule has 0 aliphatic carbocycles. The lowest BCUT2D eigenvalue weighted by atomic mass is 9.74. The number of hydrogen-bond acceptors (Lipinski definition) is 10. The van der Waals surface area contributed by atoms with Crippen LogP contribution >= 0.6 is 0 Å². The molecular weight excluding hydrogens is 330 g/mol. The first kappa shape index (κ1) is 20.6. The molecule has 0 amide bonds. The van der Waals surface area contributed by atoms with Gasteiger partial charge in [-0.2, -0.15) is 0 Å². The van der Waals surface area contributed by atoms with E-state index in [1.807, 2.05) is 0 Å². The second-order valence-corrected chi connectivity index (χ2v) is 5.87. The number of ether oxygens (including phenoxy) is 1. The lowest BCUT2D eigenvalue weighted by molar-refractivity contribution is -0.304. The minimum absolute atomic E-state index is 0.908. The van der Waals surface area contributed by atoms with E-state index in [1.54, 1.807) is 0 Å². The summed E-state index contributed by atoms with van der Waals surface area (Å²) in [6.45, 7) is 1.83. The van der Waals surface area contributed by atoms with Crippen molar-refractivity contribution in [2.75, 3.05) is 0 Å². The second kappa shape index (κ2) is 6.80. The van der Waals surface area contributed by atoms with E-state index in [-0.39, 0.29) is 0 Å². The van der Waals surface area contributed by atoms with Crippen LogP contribution in [0.5, 0.6) is 0 Å². The number of carboxylic acid groups (broad SMARTS) is 1. The number of aliphatic hydroxyl groups excluding tert-OH is 4. The van der Waals surface area contributed by atoms with E-state index < -0.39 is 65.8 Å². The SMILES string of the molecule is CC(=O)C(O)[C@@H](O)[C@@H](O)[C@@H]1OC(O)(C(=O)O)C[C@H](O)[C@]1(N)C(C)=O. The first-order chi connectivity index (χ1) is 10.8. The normalized spacial score (nSPS) is 37.3. The highest BCUT2D eigenvalue weighted by Gasteiger charge is 2.62. The van der Waals surface area contributed by atoms with Crippen molar-refractivity contribution in [3.63, 3.8) is 0 Å². The molecule has 0 aromatic rings. The monoisotopic (exact) mass is 351 g/mol. The van der Waals surface area contributed by atoms with Crippen molar-refractivity contribution >= 4 is 17.5 Å². The van der Waals surface area contributed by atoms with Crippen LogP contribution < -0.4 is 5.73 Å². The zero-order valence-corrected chi connectivity index (χ0v) is 13.0. The van der Waals surface area contributed by atoms with Crippen LogP contribution in [-0.2, 0) is 19.1 Å². The molecule has 11 nitrogen and oxygen atoms in total. The molecule has 1 rings (SSSR count).